The highest BCUT2D eigenvalue weighted by atomic mass is 32.1. The van der Waals surface area contributed by atoms with E-state index in [-0.39, 0.29) is 11.7 Å². The van der Waals surface area contributed by atoms with Gasteiger partial charge in [0.25, 0.3) is 5.91 Å². The number of thiazole rings is 1. The van der Waals surface area contributed by atoms with Crippen LogP contribution in [0.3, 0.4) is 0 Å². The Hall–Kier alpha value is -4.17. The lowest BCUT2D eigenvalue weighted by molar-refractivity contribution is 0.102. The molecule has 0 unspecified atom stereocenters. The third-order valence-corrected chi connectivity index (χ3v) is 5.52. The number of para-hydroxylation sites is 1. The first kappa shape index (κ1) is 19.8. The van der Waals surface area contributed by atoms with Gasteiger partial charge in [0.15, 0.2) is 5.13 Å². The number of pyridine rings is 1. The summed E-state index contributed by atoms with van der Waals surface area (Å²) in [5, 5.41) is 9.67. The van der Waals surface area contributed by atoms with E-state index < -0.39 is 0 Å². The Morgan fingerprint density at radius 2 is 1.84 bits per heavy atom. The predicted molar refractivity (Wildman–Crippen MR) is 122 cm³/mol. The number of anilines is 1. The van der Waals surface area contributed by atoms with Crippen molar-refractivity contribution in [1.29, 1.82) is 0 Å². The van der Waals surface area contributed by atoms with Crippen LogP contribution in [0.25, 0.3) is 28.2 Å². The van der Waals surface area contributed by atoms with Crippen molar-refractivity contribution in [1.82, 2.24) is 19.7 Å². The minimum absolute atomic E-state index is 0.337. The zero-order valence-corrected chi connectivity index (χ0v) is 17.5. The van der Waals surface area contributed by atoms with Crippen LogP contribution in [0.4, 0.5) is 9.52 Å². The minimum Gasteiger partial charge on any atom is -0.298 e. The largest absolute Gasteiger partial charge is 0.298 e. The summed E-state index contributed by atoms with van der Waals surface area (Å²) in [5.41, 5.74) is 3.71. The molecule has 2 aromatic carbocycles. The smallest absolute Gasteiger partial charge is 0.261 e. The average molecular weight is 441 g/mol. The fraction of sp³-hybridized carbons (Fsp3) is 0. The van der Waals surface area contributed by atoms with Crippen molar-refractivity contribution in [2.45, 2.75) is 0 Å². The fourth-order valence-corrected chi connectivity index (χ4v) is 3.96. The average Bonchev–Trinajstić information content (AvgIpc) is 3.48. The highest BCUT2D eigenvalue weighted by Gasteiger charge is 2.20. The number of rotatable bonds is 5. The van der Waals surface area contributed by atoms with Gasteiger partial charge in [-0.05, 0) is 36.4 Å². The van der Waals surface area contributed by atoms with Crippen molar-refractivity contribution < 1.29 is 9.18 Å². The molecule has 0 aliphatic heterocycles. The second kappa shape index (κ2) is 8.52. The van der Waals surface area contributed by atoms with Crippen LogP contribution in [0, 0.1) is 5.82 Å². The van der Waals surface area contributed by atoms with Crippen molar-refractivity contribution in [3.05, 3.63) is 102 Å². The van der Waals surface area contributed by atoms with Gasteiger partial charge in [-0.1, -0.05) is 30.3 Å². The van der Waals surface area contributed by atoms with E-state index in [0.29, 0.717) is 27.6 Å². The van der Waals surface area contributed by atoms with Crippen LogP contribution in [0.5, 0.6) is 0 Å². The SMILES string of the molecule is O=C(Nc1nc(-c2cccc(F)c2)cs1)c1cn(-c2ccccc2)nc1-c1cccnc1. The maximum Gasteiger partial charge on any atom is 0.261 e. The van der Waals surface area contributed by atoms with Crippen LogP contribution < -0.4 is 5.32 Å². The summed E-state index contributed by atoms with van der Waals surface area (Å²) >= 11 is 1.27. The number of hydrogen-bond donors (Lipinski definition) is 1. The van der Waals surface area contributed by atoms with Gasteiger partial charge < -0.3 is 0 Å². The zero-order valence-electron chi connectivity index (χ0n) is 16.6. The van der Waals surface area contributed by atoms with Gasteiger partial charge in [0.1, 0.15) is 11.5 Å². The van der Waals surface area contributed by atoms with Crippen molar-refractivity contribution in [2.75, 3.05) is 5.32 Å². The highest BCUT2D eigenvalue weighted by molar-refractivity contribution is 7.14. The van der Waals surface area contributed by atoms with Crippen molar-refractivity contribution in [2.24, 2.45) is 0 Å². The Kier molecular flexibility index (Phi) is 5.27. The molecule has 0 bridgehead atoms. The summed E-state index contributed by atoms with van der Waals surface area (Å²) in [4.78, 5) is 21.8. The third kappa shape index (κ3) is 4.03. The lowest BCUT2D eigenvalue weighted by atomic mass is 10.1. The van der Waals surface area contributed by atoms with Gasteiger partial charge in [-0.2, -0.15) is 5.10 Å². The Morgan fingerprint density at radius 3 is 2.62 bits per heavy atom. The van der Waals surface area contributed by atoms with Gasteiger partial charge in [0, 0.05) is 35.1 Å². The maximum atomic E-state index is 13.5. The normalized spacial score (nSPS) is 10.8. The molecule has 156 valence electrons. The van der Waals surface area contributed by atoms with Gasteiger partial charge >= 0.3 is 0 Å². The molecule has 0 aliphatic rings. The topological polar surface area (TPSA) is 72.7 Å². The predicted octanol–water partition coefficient (Wildman–Crippen LogP) is 5.45. The quantitative estimate of drug-likeness (QED) is 0.394. The molecule has 1 amide bonds. The molecule has 0 saturated carbocycles. The number of benzene rings is 2. The number of nitrogens with zero attached hydrogens (tertiary/aromatic N) is 4. The molecule has 5 rings (SSSR count). The van der Waals surface area contributed by atoms with Gasteiger partial charge in [0.2, 0.25) is 0 Å². The van der Waals surface area contributed by atoms with E-state index in [1.807, 2.05) is 36.4 Å². The lowest BCUT2D eigenvalue weighted by Gasteiger charge is -2.02. The number of halogens is 1. The first-order valence-electron chi connectivity index (χ1n) is 9.76. The maximum absolute atomic E-state index is 13.5. The molecule has 0 saturated heterocycles. The molecule has 5 aromatic rings. The van der Waals surface area contributed by atoms with Crippen molar-refractivity contribution in [3.63, 3.8) is 0 Å². The summed E-state index contributed by atoms with van der Waals surface area (Å²) < 4.78 is 15.2. The van der Waals surface area contributed by atoms with Crippen molar-refractivity contribution in [3.8, 4) is 28.2 Å². The number of aromatic nitrogens is 4. The van der Waals surface area contributed by atoms with Crippen molar-refractivity contribution >= 4 is 22.4 Å². The van der Waals surface area contributed by atoms with E-state index in [2.05, 4.69) is 20.4 Å². The molecule has 6 nitrogen and oxygen atoms in total. The van der Waals surface area contributed by atoms with Gasteiger partial charge in [-0.15, -0.1) is 11.3 Å². The first-order chi connectivity index (χ1) is 15.7. The van der Waals surface area contributed by atoms with Crippen LogP contribution in [-0.2, 0) is 0 Å². The number of carbonyl (C=O) groups excluding carboxylic acids is 1. The van der Waals surface area contributed by atoms with Crippen LogP contribution in [0.2, 0.25) is 0 Å². The standard InChI is InChI=1S/C24H16FN5OS/c25-18-8-4-6-16(12-18)21-15-32-24(27-21)28-23(31)20-14-30(19-9-2-1-3-10-19)29-22(20)17-7-5-11-26-13-17/h1-15H,(H,27,28,31). The molecule has 0 spiro atoms. The number of nitrogens with one attached hydrogen (secondary N) is 1. The summed E-state index contributed by atoms with van der Waals surface area (Å²) in [5.74, 6) is -0.679. The van der Waals surface area contributed by atoms with E-state index in [1.165, 1.54) is 23.5 Å². The Bertz CT molecular complexity index is 1380. The number of hydrogen-bond acceptors (Lipinski definition) is 5. The summed E-state index contributed by atoms with van der Waals surface area (Å²) in [7, 11) is 0. The molecule has 8 heteroatoms. The van der Waals surface area contributed by atoms with E-state index >= 15 is 0 Å². The Labute approximate surface area is 187 Å². The Balaban J connectivity index is 1.47. The summed E-state index contributed by atoms with van der Waals surface area (Å²) in [6, 6.07) is 19.4. The Morgan fingerprint density at radius 1 is 1.00 bits per heavy atom. The molecule has 3 aromatic heterocycles. The molecule has 32 heavy (non-hydrogen) atoms. The molecule has 1 N–H and O–H groups in total. The van der Waals surface area contributed by atoms with E-state index in [1.54, 1.807) is 46.9 Å². The second-order valence-corrected chi connectivity index (χ2v) is 7.77. The zero-order chi connectivity index (χ0) is 21.9. The van der Waals surface area contributed by atoms with E-state index in [9.17, 15) is 9.18 Å². The fourth-order valence-electron chi connectivity index (χ4n) is 3.25. The molecular formula is C24H16FN5OS. The van der Waals surface area contributed by atoms with Gasteiger partial charge in [-0.25, -0.2) is 14.1 Å². The van der Waals surface area contributed by atoms with E-state index in [0.717, 1.165) is 11.3 Å². The van der Waals surface area contributed by atoms with E-state index in [4.69, 9.17) is 0 Å². The first-order valence-corrected chi connectivity index (χ1v) is 10.6. The third-order valence-electron chi connectivity index (χ3n) is 4.76. The van der Waals surface area contributed by atoms with Crippen LogP contribution in [0.15, 0.2) is 90.7 Å². The minimum atomic E-state index is -0.342. The molecule has 0 radical (unpaired) electrons. The number of amides is 1. The summed E-state index contributed by atoms with van der Waals surface area (Å²) in [6.07, 6.45) is 5.02. The lowest BCUT2D eigenvalue weighted by Crippen LogP contribution is -2.12. The van der Waals surface area contributed by atoms with Gasteiger partial charge in [-0.3, -0.25) is 15.1 Å². The molecule has 0 fully saturated rings. The van der Waals surface area contributed by atoms with Crippen LogP contribution in [-0.4, -0.2) is 25.7 Å². The molecule has 3 heterocycles. The molecule has 0 aliphatic carbocycles. The molecule has 0 atom stereocenters. The van der Waals surface area contributed by atoms with Crippen LogP contribution >= 0.6 is 11.3 Å². The van der Waals surface area contributed by atoms with Crippen LogP contribution in [0.1, 0.15) is 10.4 Å². The van der Waals surface area contributed by atoms with Gasteiger partial charge in [0.05, 0.1) is 16.9 Å². The number of carbonyl (C=O) groups is 1. The molecular weight excluding hydrogens is 425 g/mol. The highest BCUT2D eigenvalue weighted by Crippen LogP contribution is 2.28. The monoisotopic (exact) mass is 441 g/mol. The second-order valence-electron chi connectivity index (χ2n) is 6.92. The summed E-state index contributed by atoms with van der Waals surface area (Å²) in [6.45, 7) is 0.